The van der Waals surface area contributed by atoms with Crippen molar-refractivity contribution in [1.29, 1.82) is 0 Å². The third-order valence-corrected chi connectivity index (χ3v) is 6.38. The van der Waals surface area contributed by atoms with Gasteiger partial charge in [-0.25, -0.2) is 13.6 Å². The molecule has 2 aromatic rings. The van der Waals surface area contributed by atoms with Crippen molar-refractivity contribution in [2.45, 2.75) is 17.7 Å². The van der Waals surface area contributed by atoms with E-state index in [1.807, 2.05) is 12.1 Å². The van der Waals surface area contributed by atoms with Gasteiger partial charge < -0.3 is 14.2 Å². The predicted molar refractivity (Wildman–Crippen MR) is 112 cm³/mol. The summed E-state index contributed by atoms with van der Waals surface area (Å²) >= 11 is 0. The quantitative estimate of drug-likeness (QED) is 0.781. The second-order valence-electron chi connectivity index (χ2n) is 7.33. The van der Waals surface area contributed by atoms with Crippen LogP contribution in [0.4, 0.5) is 0 Å². The molecule has 0 unspecified atom stereocenters. The Kier molecular flexibility index (Phi) is 4.67. The zero-order valence-corrected chi connectivity index (χ0v) is 17.4. The molecule has 0 heterocycles. The van der Waals surface area contributed by atoms with Crippen LogP contribution in [0.1, 0.15) is 24.0 Å². The van der Waals surface area contributed by atoms with Crippen molar-refractivity contribution in [1.82, 2.24) is 0 Å². The van der Waals surface area contributed by atoms with Crippen LogP contribution in [0.2, 0.25) is 0 Å². The molecule has 1 saturated carbocycles. The van der Waals surface area contributed by atoms with Gasteiger partial charge >= 0.3 is 0 Å². The summed E-state index contributed by atoms with van der Waals surface area (Å²) in [4.78, 5) is 0.0966. The predicted octanol–water partition coefficient (Wildman–Crippen LogP) is 3.62. The van der Waals surface area contributed by atoms with E-state index in [-0.39, 0.29) is 10.3 Å². The van der Waals surface area contributed by atoms with Crippen molar-refractivity contribution in [3.8, 4) is 17.2 Å². The van der Waals surface area contributed by atoms with E-state index < -0.39 is 10.0 Å². The third-order valence-electron chi connectivity index (χ3n) is 5.45. The van der Waals surface area contributed by atoms with Gasteiger partial charge in [0.05, 0.1) is 26.2 Å². The first-order chi connectivity index (χ1) is 13.8. The average Bonchev–Trinajstić information content (AvgIpc) is 3.36. The third kappa shape index (κ3) is 3.52. The lowest BCUT2D eigenvalue weighted by molar-refractivity contribution is 0.324. The highest BCUT2D eigenvalue weighted by molar-refractivity contribution is 7.89. The monoisotopic (exact) mass is 413 g/mol. The van der Waals surface area contributed by atoms with E-state index in [9.17, 15) is 8.42 Å². The highest BCUT2D eigenvalue weighted by Crippen LogP contribution is 2.58. The number of sulfonamides is 1. The highest BCUT2D eigenvalue weighted by Gasteiger charge is 2.43. The molecule has 1 fully saturated rings. The summed E-state index contributed by atoms with van der Waals surface area (Å²) in [5.41, 5.74) is 4.07. The van der Waals surface area contributed by atoms with Crippen LogP contribution in [0.15, 0.2) is 53.4 Å². The van der Waals surface area contributed by atoms with E-state index in [1.165, 1.54) is 12.1 Å². The maximum absolute atomic E-state index is 11.6. The van der Waals surface area contributed by atoms with E-state index in [0.717, 1.165) is 35.1 Å². The topological polar surface area (TPSA) is 87.9 Å². The number of rotatable bonds is 6. The molecule has 0 amide bonds. The smallest absolute Gasteiger partial charge is 0.238 e. The fourth-order valence-corrected chi connectivity index (χ4v) is 4.26. The Bertz CT molecular complexity index is 1100. The van der Waals surface area contributed by atoms with Gasteiger partial charge in [-0.05, 0) is 59.4 Å². The maximum atomic E-state index is 11.6. The van der Waals surface area contributed by atoms with Gasteiger partial charge in [0.2, 0.25) is 15.8 Å². The van der Waals surface area contributed by atoms with Crippen molar-refractivity contribution in [3.63, 3.8) is 0 Å². The second kappa shape index (κ2) is 6.93. The molecular weight excluding hydrogens is 390 g/mol. The lowest BCUT2D eigenvalue weighted by Gasteiger charge is -2.16. The molecule has 2 N–H and O–H groups in total. The van der Waals surface area contributed by atoms with Gasteiger partial charge in [-0.2, -0.15) is 0 Å². The zero-order chi connectivity index (χ0) is 20.8. The summed E-state index contributed by atoms with van der Waals surface area (Å²) in [6.07, 6.45) is 6.73. The summed E-state index contributed by atoms with van der Waals surface area (Å²) in [5, 5.41) is 5.23. The zero-order valence-electron chi connectivity index (χ0n) is 16.6. The molecule has 0 atom stereocenters. The Morgan fingerprint density at radius 3 is 1.76 bits per heavy atom. The number of nitrogens with two attached hydrogens (primary N) is 1. The summed E-state index contributed by atoms with van der Waals surface area (Å²) in [5.74, 6) is 1.72. The molecular formula is C22H23NO5S. The standard InChI is InChI=1S/C22H23NO5S/c1-26-19-10-15(11-20(27-2)21(19)28-3)18-13-22(8-9-22)12-17(18)14-4-6-16(7-5-14)29(23,24)25/h4-7,10-13H,8-9H2,1-3H3,(H2,23,24,25). The van der Waals surface area contributed by atoms with E-state index in [0.29, 0.717) is 17.2 Å². The fourth-order valence-electron chi connectivity index (χ4n) is 3.74. The molecule has 0 aromatic heterocycles. The summed E-state index contributed by atoms with van der Waals surface area (Å²) in [7, 11) is 1.03. The fraction of sp³-hybridized carbons (Fsp3) is 0.273. The molecule has 0 aliphatic heterocycles. The van der Waals surface area contributed by atoms with Gasteiger partial charge in [-0.15, -0.1) is 0 Å². The van der Waals surface area contributed by atoms with Crippen molar-refractivity contribution in [2.75, 3.05) is 21.3 Å². The molecule has 1 spiro atoms. The van der Waals surface area contributed by atoms with Crippen LogP contribution in [0, 0.1) is 5.41 Å². The van der Waals surface area contributed by atoms with Crippen LogP contribution in [-0.2, 0) is 10.0 Å². The van der Waals surface area contributed by atoms with Gasteiger partial charge in [0.25, 0.3) is 0 Å². The summed E-state index contributed by atoms with van der Waals surface area (Å²) < 4.78 is 39.6. The van der Waals surface area contributed by atoms with Crippen LogP contribution < -0.4 is 19.3 Å². The molecule has 2 aliphatic carbocycles. The van der Waals surface area contributed by atoms with Gasteiger partial charge in [-0.3, -0.25) is 0 Å². The lowest BCUT2D eigenvalue weighted by atomic mass is 9.94. The maximum Gasteiger partial charge on any atom is 0.238 e. The number of primary sulfonamides is 1. The average molecular weight is 413 g/mol. The van der Waals surface area contributed by atoms with E-state index >= 15 is 0 Å². The Labute approximate surface area is 170 Å². The first kappa shape index (κ1) is 19.5. The molecule has 4 rings (SSSR count). The Morgan fingerprint density at radius 1 is 0.828 bits per heavy atom. The largest absolute Gasteiger partial charge is 0.493 e. The molecule has 29 heavy (non-hydrogen) atoms. The molecule has 0 saturated heterocycles. The van der Waals surface area contributed by atoms with Crippen LogP contribution in [0.5, 0.6) is 17.2 Å². The Hall–Kier alpha value is -2.77. The molecule has 7 heteroatoms. The van der Waals surface area contributed by atoms with Crippen molar-refractivity contribution in [2.24, 2.45) is 10.6 Å². The first-order valence-electron chi connectivity index (χ1n) is 9.20. The van der Waals surface area contributed by atoms with E-state index in [1.54, 1.807) is 33.5 Å². The van der Waals surface area contributed by atoms with Crippen LogP contribution in [0.3, 0.4) is 0 Å². The van der Waals surface area contributed by atoms with Crippen molar-refractivity contribution in [3.05, 3.63) is 59.7 Å². The summed E-state index contributed by atoms with van der Waals surface area (Å²) in [6.45, 7) is 0. The van der Waals surface area contributed by atoms with Crippen LogP contribution in [-0.4, -0.2) is 29.7 Å². The molecule has 0 radical (unpaired) electrons. The van der Waals surface area contributed by atoms with Gasteiger partial charge in [0.15, 0.2) is 11.5 Å². The Morgan fingerprint density at radius 2 is 1.34 bits per heavy atom. The van der Waals surface area contributed by atoms with E-state index in [4.69, 9.17) is 19.3 Å². The minimum atomic E-state index is -3.73. The molecule has 6 nitrogen and oxygen atoms in total. The number of benzene rings is 2. The number of methoxy groups -OCH3 is 3. The molecule has 2 aromatic carbocycles. The van der Waals surface area contributed by atoms with Gasteiger partial charge in [0, 0.05) is 5.41 Å². The van der Waals surface area contributed by atoms with Crippen LogP contribution >= 0.6 is 0 Å². The number of hydrogen-bond acceptors (Lipinski definition) is 5. The summed E-state index contributed by atoms with van der Waals surface area (Å²) in [6, 6.07) is 10.5. The van der Waals surface area contributed by atoms with Crippen molar-refractivity contribution < 1.29 is 22.6 Å². The van der Waals surface area contributed by atoms with Crippen LogP contribution in [0.25, 0.3) is 11.1 Å². The van der Waals surface area contributed by atoms with Crippen molar-refractivity contribution >= 4 is 21.2 Å². The molecule has 2 aliphatic rings. The minimum Gasteiger partial charge on any atom is -0.493 e. The van der Waals surface area contributed by atoms with Gasteiger partial charge in [-0.1, -0.05) is 24.3 Å². The number of ether oxygens (including phenoxy) is 3. The van der Waals surface area contributed by atoms with E-state index in [2.05, 4.69) is 12.2 Å². The van der Waals surface area contributed by atoms with Gasteiger partial charge in [0.1, 0.15) is 0 Å². The molecule has 0 bridgehead atoms. The minimum absolute atomic E-state index is 0.0731. The Balaban J connectivity index is 1.81. The first-order valence-corrected chi connectivity index (χ1v) is 10.7. The number of allylic oxidation sites excluding steroid dienone is 4. The lowest BCUT2D eigenvalue weighted by Crippen LogP contribution is -2.11. The highest BCUT2D eigenvalue weighted by atomic mass is 32.2. The SMILES string of the molecule is COc1cc(C2=CC3(C=C2c2ccc(S(N)(=O)=O)cc2)CC3)cc(OC)c1OC. The number of hydrogen-bond donors (Lipinski definition) is 1. The molecule has 152 valence electrons. The second-order valence-corrected chi connectivity index (χ2v) is 8.89. The normalized spacial score (nSPS) is 17.0.